The standard InChI is InChI=1S/C26H29ClN2O5/c1-18-3-9-23(34-18)22(29-11-13-32-14-12-29)16-28-26(30)20-6-10-24(25(15-20)31-2)33-17-19-4-7-21(27)8-5-19/h3-10,15,22H,11-14,16-17H2,1-2H3,(H,28,30)/t22-/m1/s1. The van der Waals surface area contributed by atoms with Gasteiger partial charge in [0.05, 0.1) is 26.4 Å². The lowest BCUT2D eigenvalue weighted by Gasteiger charge is -2.33. The smallest absolute Gasteiger partial charge is 0.251 e. The number of amides is 1. The highest BCUT2D eigenvalue weighted by Gasteiger charge is 2.26. The van der Waals surface area contributed by atoms with E-state index in [1.165, 1.54) is 0 Å². The largest absolute Gasteiger partial charge is 0.493 e. The van der Waals surface area contributed by atoms with E-state index < -0.39 is 0 Å². The number of carbonyl (C=O) groups excluding carboxylic acids is 1. The summed E-state index contributed by atoms with van der Waals surface area (Å²) in [4.78, 5) is 15.2. The minimum absolute atomic E-state index is 0.0644. The maximum absolute atomic E-state index is 13.0. The van der Waals surface area contributed by atoms with Gasteiger partial charge in [-0.1, -0.05) is 23.7 Å². The number of halogens is 1. The fourth-order valence-electron chi connectivity index (χ4n) is 3.89. The summed E-state index contributed by atoms with van der Waals surface area (Å²) < 4.78 is 22.7. The highest BCUT2D eigenvalue weighted by molar-refractivity contribution is 6.30. The number of hydrogen-bond donors (Lipinski definition) is 1. The fourth-order valence-corrected chi connectivity index (χ4v) is 4.02. The average Bonchev–Trinajstić information content (AvgIpc) is 3.30. The Labute approximate surface area is 204 Å². The number of hydrogen-bond acceptors (Lipinski definition) is 6. The molecule has 8 heteroatoms. The van der Waals surface area contributed by atoms with Crippen LogP contribution in [0.2, 0.25) is 5.02 Å². The first kappa shape index (κ1) is 24.1. The second kappa shape index (κ2) is 11.4. The number of aryl methyl sites for hydroxylation is 1. The van der Waals surface area contributed by atoms with E-state index in [1.54, 1.807) is 25.3 Å². The van der Waals surface area contributed by atoms with Crippen molar-refractivity contribution in [1.82, 2.24) is 10.2 Å². The Bertz CT molecular complexity index is 1090. The van der Waals surface area contributed by atoms with Gasteiger partial charge in [0.25, 0.3) is 5.91 Å². The number of nitrogens with one attached hydrogen (secondary N) is 1. The zero-order valence-corrected chi connectivity index (χ0v) is 20.1. The molecule has 3 aromatic rings. The summed E-state index contributed by atoms with van der Waals surface area (Å²) in [6, 6.07) is 16.5. The molecule has 0 bridgehead atoms. The third-order valence-electron chi connectivity index (χ3n) is 5.77. The van der Waals surface area contributed by atoms with Crippen molar-refractivity contribution in [3.63, 3.8) is 0 Å². The van der Waals surface area contributed by atoms with Crippen molar-refractivity contribution >= 4 is 17.5 Å². The monoisotopic (exact) mass is 484 g/mol. The molecule has 1 fully saturated rings. The number of ether oxygens (including phenoxy) is 3. The Morgan fingerprint density at radius 2 is 1.85 bits per heavy atom. The molecule has 2 aromatic carbocycles. The SMILES string of the molecule is COc1cc(C(=O)NC[C@H](c2ccc(C)o2)N2CCOCC2)ccc1OCc1ccc(Cl)cc1. The van der Waals surface area contributed by atoms with Crippen molar-refractivity contribution in [2.24, 2.45) is 0 Å². The molecule has 2 heterocycles. The van der Waals surface area contributed by atoms with Gasteiger partial charge in [-0.25, -0.2) is 0 Å². The van der Waals surface area contributed by atoms with E-state index in [1.807, 2.05) is 43.3 Å². The van der Waals surface area contributed by atoms with Gasteiger partial charge >= 0.3 is 0 Å². The van der Waals surface area contributed by atoms with E-state index in [-0.39, 0.29) is 11.9 Å². The van der Waals surface area contributed by atoms with Crippen LogP contribution in [-0.4, -0.2) is 50.8 Å². The van der Waals surface area contributed by atoms with Gasteiger partial charge in [-0.2, -0.15) is 0 Å². The Kier molecular flexibility index (Phi) is 8.11. The second-order valence-corrected chi connectivity index (χ2v) is 8.54. The van der Waals surface area contributed by atoms with Crippen molar-refractivity contribution in [3.8, 4) is 11.5 Å². The first-order valence-corrected chi connectivity index (χ1v) is 11.6. The number of rotatable bonds is 9. The van der Waals surface area contributed by atoms with E-state index in [0.29, 0.717) is 48.5 Å². The van der Waals surface area contributed by atoms with Crippen LogP contribution in [0.1, 0.15) is 33.5 Å². The summed E-state index contributed by atoms with van der Waals surface area (Å²) in [5.74, 6) is 2.55. The van der Waals surface area contributed by atoms with Crippen LogP contribution in [-0.2, 0) is 11.3 Å². The third-order valence-corrected chi connectivity index (χ3v) is 6.02. The summed E-state index contributed by atoms with van der Waals surface area (Å²) in [6.07, 6.45) is 0. The quantitative estimate of drug-likeness (QED) is 0.477. The molecule has 0 aliphatic carbocycles. The molecular weight excluding hydrogens is 456 g/mol. The molecule has 1 atom stereocenters. The molecule has 34 heavy (non-hydrogen) atoms. The zero-order chi connectivity index (χ0) is 23.9. The first-order chi connectivity index (χ1) is 16.5. The Balaban J connectivity index is 1.41. The molecule has 1 amide bonds. The second-order valence-electron chi connectivity index (χ2n) is 8.10. The van der Waals surface area contributed by atoms with Crippen molar-refractivity contribution in [2.75, 3.05) is 40.0 Å². The van der Waals surface area contributed by atoms with Crippen LogP contribution in [0.5, 0.6) is 11.5 Å². The number of methoxy groups -OCH3 is 1. The molecule has 0 saturated carbocycles. The highest BCUT2D eigenvalue weighted by atomic mass is 35.5. The van der Waals surface area contributed by atoms with Crippen LogP contribution in [0.4, 0.5) is 0 Å². The summed E-state index contributed by atoms with van der Waals surface area (Å²) in [5.41, 5.74) is 1.47. The van der Waals surface area contributed by atoms with Gasteiger partial charge in [0, 0.05) is 30.2 Å². The van der Waals surface area contributed by atoms with E-state index in [2.05, 4.69) is 10.2 Å². The van der Waals surface area contributed by atoms with Gasteiger partial charge < -0.3 is 23.9 Å². The molecule has 1 aliphatic heterocycles. The normalized spacial score (nSPS) is 15.0. The van der Waals surface area contributed by atoms with Gasteiger partial charge in [-0.15, -0.1) is 0 Å². The van der Waals surface area contributed by atoms with Crippen LogP contribution in [0.25, 0.3) is 0 Å². The Morgan fingerprint density at radius 1 is 1.09 bits per heavy atom. The van der Waals surface area contributed by atoms with Crippen LogP contribution >= 0.6 is 11.6 Å². The van der Waals surface area contributed by atoms with Crippen molar-refractivity contribution in [2.45, 2.75) is 19.6 Å². The van der Waals surface area contributed by atoms with E-state index in [9.17, 15) is 4.79 Å². The molecule has 0 unspecified atom stereocenters. The molecule has 4 rings (SSSR count). The van der Waals surface area contributed by atoms with Gasteiger partial charge in [-0.05, 0) is 55.0 Å². The average molecular weight is 485 g/mol. The summed E-state index contributed by atoms with van der Waals surface area (Å²) in [7, 11) is 1.56. The summed E-state index contributed by atoms with van der Waals surface area (Å²) in [6.45, 7) is 5.60. The van der Waals surface area contributed by atoms with Gasteiger partial charge in [0.15, 0.2) is 11.5 Å². The first-order valence-electron chi connectivity index (χ1n) is 11.2. The lowest BCUT2D eigenvalue weighted by Crippen LogP contribution is -2.43. The van der Waals surface area contributed by atoms with Crippen molar-refractivity contribution in [3.05, 3.63) is 82.3 Å². The fraction of sp³-hybridized carbons (Fsp3) is 0.346. The van der Waals surface area contributed by atoms with E-state index >= 15 is 0 Å². The van der Waals surface area contributed by atoms with Crippen molar-refractivity contribution < 1.29 is 23.4 Å². The summed E-state index contributed by atoms with van der Waals surface area (Å²) >= 11 is 5.94. The minimum atomic E-state index is -0.191. The van der Waals surface area contributed by atoms with Crippen LogP contribution < -0.4 is 14.8 Å². The van der Waals surface area contributed by atoms with Crippen LogP contribution in [0, 0.1) is 6.92 Å². The molecule has 1 aromatic heterocycles. The topological polar surface area (TPSA) is 73.2 Å². The van der Waals surface area contributed by atoms with Crippen LogP contribution in [0.15, 0.2) is 59.0 Å². The minimum Gasteiger partial charge on any atom is -0.493 e. The maximum atomic E-state index is 13.0. The molecule has 1 saturated heterocycles. The molecule has 0 radical (unpaired) electrons. The van der Waals surface area contributed by atoms with Gasteiger partial charge in [0.2, 0.25) is 0 Å². The Hall–Kier alpha value is -3.00. The molecule has 180 valence electrons. The highest BCUT2D eigenvalue weighted by Crippen LogP contribution is 2.29. The van der Waals surface area contributed by atoms with Crippen molar-refractivity contribution in [1.29, 1.82) is 0 Å². The lowest BCUT2D eigenvalue weighted by atomic mass is 10.1. The number of carbonyl (C=O) groups is 1. The third kappa shape index (κ3) is 6.11. The predicted molar refractivity (Wildman–Crippen MR) is 130 cm³/mol. The number of nitrogens with zero attached hydrogens (tertiary/aromatic N) is 1. The zero-order valence-electron chi connectivity index (χ0n) is 19.4. The molecular formula is C26H29ClN2O5. The van der Waals surface area contributed by atoms with Crippen LogP contribution in [0.3, 0.4) is 0 Å². The number of furan rings is 1. The lowest BCUT2D eigenvalue weighted by molar-refractivity contribution is 0.0117. The van der Waals surface area contributed by atoms with E-state index in [4.69, 9.17) is 30.2 Å². The Morgan fingerprint density at radius 3 is 2.53 bits per heavy atom. The number of morpholine rings is 1. The maximum Gasteiger partial charge on any atom is 0.251 e. The van der Waals surface area contributed by atoms with Gasteiger partial charge in [0.1, 0.15) is 18.1 Å². The molecule has 1 aliphatic rings. The molecule has 0 spiro atoms. The molecule has 1 N–H and O–H groups in total. The van der Waals surface area contributed by atoms with E-state index in [0.717, 1.165) is 30.2 Å². The summed E-state index contributed by atoms with van der Waals surface area (Å²) in [5, 5.41) is 3.72. The number of benzene rings is 2. The molecule has 7 nitrogen and oxygen atoms in total. The predicted octanol–water partition coefficient (Wildman–Crippen LogP) is 4.63. The van der Waals surface area contributed by atoms with Gasteiger partial charge in [-0.3, -0.25) is 9.69 Å².